The van der Waals surface area contributed by atoms with Crippen molar-refractivity contribution in [1.29, 1.82) is 0 Å². The second-order valence-electron chi connectivity index (χ2n) is 7.31. The van der Waals surface area contributed by atoms with E-state index in [4.69, 9.17) is 16.1 Å². The predicted molar refractivity (Wildman–Crippen MR) is 129 cm³/mol. The van der Waals surface area contributed by atoms with Crippen molar-refractivity contribution in [2.75, 3.05) is 32.1 Å². The number of aromatic nitrogens is 2. The van der Waals surface area contributed by atoms with Crippen LogP contribution in [-0.2, 0) is 0 Å². The normalized spacial score (nSPS) is 11.1. The molecule has 0 N–H and O–H groups in total. The van der Waals surface area contributed by atoms with E-state index in [0.29, 0.717) is 56.0 Å². The Morgan fingerprint density at radius 3 is 2.66 bits per heavy atom. The molecule has 0 aliphatic rings. The first-order chi connectivity index (χ1) is 14.8. The predicted octanol–water partition coefficient (Wildman–Crippen LogP) is 5.68. The molecule has 0 unspecified atom stereocenters. The van der Waals surface area contributed by atoms with Gasteiger partial charge >= 0.3 is 0 Å². The van der Waals surface area contributed by atoms with Crippen molar-refractivity contribution in [3.05, 3.63) is 64.6 Å². The van der Waals surface area contributed by atoms with Gasteiger partial charge < -0.3 is 9.42 Å². The van der Waals surface area contributed by atoms with Crippen LogP contribution >= 0.6 is 35.3 Å². The van der Waals surface area contributed by atoms with Crippen molar-refractivity contribution in [3.8, 4) is 11.3 Å². The molecule has 4 rings (SSSR count). The van der Waals surface area contributed by atoms with Crippen LogP contribution in [-0.4, -0.2) is 48.1 Å². The van der Waals surface area contributed by atoms with Crippen LogP contribution in [0.5, 0.6) is 0 Å². The zero-order chi connectivity index (χ0) is 22.1. The summed E-state index contributed by atoms with van der Waals surface area (Å²) >= 11 is 7.62. The summed E-state index contributed by atoms with van der Waals surface area (Å²) in [5.41, 5.74) is 1.97. The van der Waals surface area contributed by atoms with E-state index in [-0.39, 0.29) is 24.1 Å². The molecule has 0 spiro atoms. The Labute approximate surface area is 200 Å². The van der Waals surface area contributed by atoms with E-state index in [9.17, 15) is 9.18 Å². The third-order valence-electron chi connectivity index (χ3n) is 4.79. The lowest BCUT2D eigenvalue weighted by Gasteiger charge is -2.22. The van der Waals surface area contributed by atoms with Crippen LogP contribution in [0.3, 0.4) is 0 Å². The molecule has 0 saturated carbocycles. The molecule has 0 atom stereocenters. The fourth-order valence-electron chi connectivity index (χ4n) is 3.18. The van der Waals surface area contributed by atoms with Crippen LogP contribution in [0.4, 0.5) is 9.52 Å². The number of aryl methyl sites for hydroxylation is 1. The molecule has 10 heteroatoms. The zero-order valence-corrected chi connectivity index (χ0v) is 20.0. The van der Waals surface area contributed by atoms with Crippen molar-refractivity contribution in [3.63, 3.8) is 0 Å². The van der Waals surface area contributed by atoms with Gasteiger partial charge in [0.05, 0.1) is 15.2 Å². The Kier molecular flexibility index (Phi) is 7.51. The van der Waals surface area contributed by atoms with Gasteiger partial charge in [0.2, 0.25) is 0 Å². The summed E-state index contributed by atoms with van der Waals surface area (Å²) in [6, 6.07) is 11.6. The molecular weight excluding hydrogens is 474 g/mol. The summed E-state index contributed by atoms with van der Waals surface area (Å²) < 4.78 is 19.7. The number of hydrogen-bond donors (Lipinski definition) is 0. The number of fused-ring (bicyclic) bond motifs is 1. The molecule has 6 nitrogen and oxygen atoms in total. The molecule has 2 aromatic heterocycles. The van der Waals surface area contributed by atoms with Gasteiger partial charge in [0, 0.05) is 18.7 Å². The number of carbonyl (C=O) groups is 1. The second-order valence-corrected chi connectivity index (χ2v) is 8.73. The van der Waals surface area contributed by atoms with Crippen LogP contribution in [0.1, 0.15) is 16.1 Å². The van der Waals surface area contributed by atoms with Gasteiger partial charge in [-0.05, 0) is 45.3 Å². The van der Waals surface area contributed by atoms with Gasteiger partial charge in [0.1, 0.15) is 22.8 Å². The van der Waals surface area contributed by atoms with E-state index in [0.717, 1.165) is 0 Å². The summed E-state index contributed by atoms with van der Waals surface area (Å²) in [4.78, 5) is 21.9. The van der Waals surface area contributed by atoms with Gasteiger partial charge in [0.25, 0.3) is 5.91 Å². The number of hydrogen-bond acceptors (Lipinski definition) is 6. The van der Waals surface area contributed by atoms with Gasteiger partial charge in [-0.3, -0.25) is 9.69 Å². The molecule has 2 aromatic carbocycles. The van der Waals surface area contributed by atoms with Crippen molar-refractivity contribution in [2.45, 2.75) is 6.92 Å². The Balaban J connectivity index is 0.00000289. The lowest BCUT2D eigenvalue weighted by atomic mass is 10.1. The topological polar surface area (TPSA) is 62.5 Å². The van der Waals surface area contributed by atoms with Crippen LogP contribution in [0.25, 0.3) is 21.5 Å². The van der Waals surface area contributed by atoms with Crippen LogP contribution in [0.2, 0.25) is 5.02 Å². The standard InChI is InChI=1S/C22H20ClFN4O2S.ClH/c1-13-19(20(26-30-13)15-6-4-5-7-16(15)23)21(29)28(11-10-27(2)3)22-25-17-9-8-14(24)12-18(17)31-22;/h4-9,12H,10-11H2,1-3H3;1H. The SMILES string of the molecule is Cc1onc(-c2ccccc2Cl)c1C(=O)N(CCN(C)C)c1nc2ccc(F)cc2s1.Cl. The summed E-state index contributed by atoms with van der Waals surface area (Å²) in [7, 11) is 3.85. The highest BCUT2D eigenvalue weighted by Crippen LogP contribution is 2.34. The minimum Gasteiger partial charge on any atom is -0.360 e. The van der Waals surface area contributed by atoms with Gasteiger partial charge in [-0.2, -0.15) is 0 Å². The number of anilines is 1. The molecule has 32 heavy (non-hydrogen) atoms. The fraction of sp³-hybridized carbons (Fsp3) is 0.227. The Hall–Kier alpha value is -2.52. The summed E-state index contributed by atoms with van der Waals surface area (Å²) in [5.74, 6) is -0.248. The lowest BCUT2D eigenvalue weighted by molar-refractivity contribution is 0.0984. The first kappa shape index (κ1) is 24.1. The summed E-state index contributed by atoms with van der Waals surface area (Å²) in [6.45, 7) is 2.70. The largest absolute Gasteiger partial charge is 0.360 e. The molecular formula is C22H21Cl2FN4O2S. The molecule has 0 bridgehead atoms. The first-order valence-corrected chi connectivity index (χ1v) is 10.8. The molecule has 4 aromatic rings. The Morgan fingerprint density at radius 2 is 1.94 bits per heavy atom. The number of likely N-dealkylation sites (N-methyl/N-ethyl adjacent to an activating group) is 1. The molecule has 0 saturated heterocycles. The van der Waals surface area contributed by atoms with E-state index in [1.807, 2.05) is 31.1 Å². The smallest absolute Gasteiger partial charge is 0.266 e. The minimum absolute atomic E-state index is 0. The molecule has 0 fully saturated rings. The van der Waals surface area contributed by atoms with Gasteiger partial charge in [-0.15, -0.1) is 12.4 Å². The maximum Gasteiger partial charge on any atom is 0.266 e. The number of halogens is 3. The van der Waals surface area contributed by atoms with Crippen molar-refractivity contribution in [2.24, 2.45) is 0 Å². The van der Waals surface area contributed by atoms with Gasteiger partial charge in [-0.25, -0.2) is 9.37 Å². The highest BCUT2D eigenvalue weighted by Gasteiger charge is 2.29. The molecule has 168 valence electrons. The second kappa shape index (κ2) is 9.95. The average Bonchev–Trinajstić information content (AvgIpc) is 3.31. The first-order valence-electron chi connectivity index (χ1n) is 9.59. The maximum absolute atomic E-state index is 13.7. The number of rotatable bonds is 6. The zero-order valence-electron chi connectivity index (χ0n) is 17.6. The van der Waals surface area contributed by atoms with Crippen molar-refractivity contribution >= 4 is 56.6 Å². The average molecular weight is 495 g/mol. The van der Waals surface area contributed by atoms with E-state index >= 15 is 0 Å². The Morgan fingerprint density at radius 1 is 1.19 bits per heavy atom. The Bertz CT molecular complexity index is 1260. The maximum atomic E-state index is 13.7. The molecule has 1 amide bonds. The van der Waals surface area contributed by atoms with E-state index in [1.165, 1.54) is 23.5 Å². The van der Waals surface area contributed by atoms with Crippen LogP contribution in [0.15, 0.2) is 47.0 Å². The molecule has 2 heterocycles. The molecule has 0 radical (unpaired) electrons. The summed E-state index contributed by atoms with van der Waals surface area (Å²) in [6.07, 6.45) is 0. The fourth-order valence-corrected chi connectivity index (χ4v) is 4.42. The molecule has 0 aliphatic heterocycles. The van der Waals surface area contributed by atoms with E-state index in [2.05, 4.69) is 10.1 Å². The monoisotopic (exact) mass is 494 g/mol. The number of amides is 1. The third-order valence-corrected chi connectivity index (χ3v) is 6.16. The highest BCUT2D eigenvalue weighted by atomic mass is 35.5. The molecule has 0 aliphatic carbocycles. The van der Waals surface area contributed by atoms with E-state index in [1.54, 1.807) is 30.0 Å². The minimum atomic E-state index is -0.343. The quantitative estimate of drug-likeness (QED) is 0.344. The van der Waals surface area contributed by atoms with E-state index < -0.39 is 0 Å². The lowest BCUT2D eigenvalue weighted by Crippen LogP contribution is -2.37. The van der Waals surface area contributed by atoms with Crippen molar-refractivity contribution in [1.82, 2.24) is 15.0 Å². The number of carbonyl (C=O) groups excluding carboxylic acids is 1. The van der Waals surface area contributed by atoms with Crippen molar-refractivity contribution < 1.29 is 13.7 Å². The third kappa shape index (κ3) is 4.78. The number of benzene rings is 2. The van der Waals surface area contributed by atoms with Crippen LogP contribution in [0, 0.1) is 12.7 Å². The highest BCUT2D eigenvalue weighted by molar-refractivity contribution is 7.22. The number of nitrogens with zero attached hydrogens (tertiary/aromatic N) is 4. The number of thiazole rings is 1. The van der Waals surface area contributed by atoms with Crippen LogP contribution < -0.4 is 4.90 Å². The summed E-state index contributed by atoms with van der Waals surface area (Å²) in [5, 5.41) is 5.07. The van der Waals surface area contributed by atoms with Gasteiger partial charge in [-0.1, -0.05) is 46.3 Å². The van der Waals surface area contributed by atoms with Gasteiger partial charge in [0.15, 0.2) is 5.13 Å².